The lowest BCUT2D eigenvalue weighted by Gasteiger charge is -2.32. The number of sulfonamides is 1. The molecule has 0 bridgehead atoms. The summed E-state index contributed by atoms with van der Waals surface area (Å²) in [7, 11) is -4.02. The Bertz CT molecular complexity index is 1060. The van der Waals surface area contributed by atoms with E-state index in [0.29, 0.717) is 9.87 Å². The second-order valence-corrected chi connectivity index (χ2v) is 9.62. The van der Waals surface area contributed by atoms with Gasteiger partial charge in [0.15, 0.2) is 0 Å². The fourth-order valence-corrected chi connectivity index (χ4v) is 3.87. The first kappa shape index (κ1) is 25.3. The number of halogens is 2. The summed E-state index contributed by atoms with van der Waals surface area (Å²) in [5.41, 5.74) is 0.269. The van der Waals surface area contributed by atoms with E-state index in [1.165, 1.54) is 54.3 Å². The maximum Gasteiger partial charge on any atom is 0.244 e. The van der Waals surface area contributed by atoms with Crippen molar-refractivity contribution in [1.29, 1.82) is 0 Å². The Hall–Kier alpha value is -3.01. The molecular formula is C22H27F2N3O4S. The summed E-state index contributed by atoms with van der Waals surface area (Å²) in [6, 6.07) is 9.43. The summed E-state index contributed by atoms with van der Waals surface area (Å²) in [6.45, 7) is 4.26. The van der Waals surface area contributed by atoms with Crippen molar-refractivity contribution in [2.45, 2.75) is 39.4 Å². The number of benzene rings is 2. The molecule has 2 rings (SSSR count). The van der Waals surface area contributed by atoms with E-state index in [4.69, 9.17) is 0 Å². The van der Waals surface area contributed by atoms with Crippen molar-refractivity contribution in [2.24, 2.45) is 0 Å². The van der Waals surface area contributed by atoms with Gasteiger partial charge in [0.2, 0.25) is 21.8 Å². The highest BCUT2D eigenvalue weighted by Gasteiger charge is 2.31. The molecule has 0 spiro atoms. The number of anilines is 1. The summed E-state index contributed by atoms with van der Waals surface area (Å²) < 4.78 is 53.0. The van der Waals surface area contributed by atoms with Crippen LogP contribution in [-0.2, 0) is 26.2 Å². The van der Waals surface area contributed by atoms with Crippen LogP contribution in [-0.4, -0.2) is 50.0 Å². The molecule has 1 N–H and O–H groups in total. The number of carbonyl (C=O) groups is 2. The number of para-hydroxylation sites is 1. The summed E-state index contributed by atoms with van der Waals surface area (Å²) in [5.74, 6) is -2.41. The van der Waals surface area contributed by atoms with Gasteiger partial charge in [-0.15, -0.1) is 0 Å². The lowest BCUT2D eigenvalue weighted by atomic mass is 10.1. The van der Waals surface area contributed by atoms with Crippen LogP contribution in [0.4, 0.5) is 14.5 Å². The number of hydrogen-bond donors (Lipinski definition) is 1. The maximum absolute atomic E-state index is 14.3. The van der Waals surface area contributed by atoms with Gasteiger partial charge in [0.1, 0.15) is 24.2 Å². The van der Waals surface area contributed by atoms with Gasteiger partial charge in [-0.2, -0.15) is 0 Å². The monoisotopic (exact) mass is 467 g/mol. The molecule has 0 saturated heterocycles. The minimum atomic E-state index is -4.02. The lowest BCUT2D eigenvalue weighted by molar-refractivity contribution is -0.139. The van der Waals surface area contributed by atoms with Crippen LogP contribution in [0.3, 0.4) is 0 Å². The molecule has 0 aliphatic heterocycles. The van der Waals surface area contributed by atoms with Crippen molar-refractivity contribution in [3.8, 4) is 0 Å². The Balaban J connectivity index is 2.39. The normalized spacial score (nSPS) is 12.3. The molecule has 7 nitrogen and oxygen atoms in total. The summed E-state index contributed by atoms with van der Waals surface area (Å²) in [6.07, 6.45) is 0.867. The molecule has 0 aromatic heterocycles. The zero-order chi connectivity index (χ0) is 24.1. The number of rotatable bonds is 9. The fourth-order valence-electron chi connectivity index (χ4n) is 3.02. The van der Waals surface area contributed by atoms with Gasteiger partial charge in [0, 0.05) is 12.6 Å². The molecule has 2 amide bonds. The Kier molecular flexibility index (Phi) is 8.31. The van der Waals surface area contributed by atoms with Crippen LogP contribution < -0.4 is 9.62 Å². The summed E-state index contributed by atoms with van der Waals surface area (Å²) >= 11 is 0. The number of hydrogen-bond acceptors (Lipinski definition) is 4. The maximum atomic E-state index is 14.3. The van der Waals surface area contributed by atoms with Crippen LogP contribution in [0.1, 0.15) is 26.3 Å². The van der Waals surface area contributed by atoms with Gasteiger partial charge in [-0.1, -0.05) is 24.3 Å². The summed E-state index contributed by atoms with van der Waals surface area (Å²) in [5, 5.41) is 2.71. The Morgan fingerprint density at radius 3 is 2.12 bits per heavy atom. The van der Waals surface area contributed by atoms with Crippen molar-refractivity contribution in [3.05, 3.63) is 65.7 Å². The van der Waals surface area contributed by atoms with Crippen molar-refractivity contribution in [2.75, 3.05) is 17.1 Å². The second kappa shape index (κ2) is 10.5. The Morgan fingerprint density at radius 1 is 1.00 bits per heavy atom. The first-order valence-corrected chi connectivity index (χ1v) is 11.8. The largest absolute Gasteiger partial charge is 0.352 e. The first-order valence-electron chi connectivity index (χ1n) is 9.96. The first-order chi connectivity index (χ1) is 14.9. The van der Waals surface area contributed by atoms with Crippen LogP contribution >= 0.6 is 0 Å². The van der Waals surface area contributed by atoms with Gasteiger partial charge in [-0.05, 0) is 50.6 Å². The molecule has 2 aromatic rings. The van der Waals surface area contributed by atoms with Gasteiger partial charge in [0.25, 0.3) is 0 Å². The lowest BCUT2D eigenvalue weighted by Crippen LogP contribution is -2.52. The third-order valence-corrected chi connectivity index (χ3v) is 5.79. The molecule has 0 heterocycles. The third kappa shape index (κ3) is 6.74. The van der Waals surface area contributed by atoms with E-state index in [-0.39, 0.29) is 18.3 Å². The Labute approximate surface area is 187 Å². The van der Waals surface area contributed by atoms with Gasteiger partial charge in [-0.3, -0.25) is 13.9 Å². The molecule has 174 valence electrons. The quantitative estimate of drug-likeness (QED) is 0.614. The number of nitrogens with zero attached hydrogens (tertiary/aromatic N) is 2. The highest BCUT2D eigenvalue weighted by atomic mass is 32.2. The van der Waals surface area contributed by atoms with E-state index in [9.17, 15) is 26.8 Å². The molecule has 0 aliphatic rings. The molecule has 0 aliphatic carbocycles. The molecule has 1 atom stereocenters. The van der Waals surface area contributed by atoms with Crippen molar-refractivity contribution >= 4 is 27.5 Å². The Morgan fingerprint density at radius 2 is 1.59 bits per heavy atom. The van der Waals surface area contributed by atoms with Gasteiger partial charge in [-0.25, -0.2) is 17.2 Å². The highest BCUT2D eigenvalue weighted by Crippen LogP contribution is 2.22. The van der Waals surface area contributed by atoms with E-state index >= 15 is 0 Å². The fraction of sp³-hybridized carbons (Fsp3) is 0.364. The van der Waals surface area contributed by atoms with Crippen molar-refractivity contribution < 1.29 is 26.8 Å². The molecule has 2 aromatic carbocycles. The molecule has 0 saturated carbocycles. The van der Waals surface area contributed by atoms with Crippen molar-refractivity contribution in [3.63, 3.8) is 0 Å². The molecule has 0 radical (unpaired) electrons. The zero-order valence-electron chi connectivity index (χ0n) is 18.4. The average molecular weight is 468 g/mol. The summed E-state index contributed by atoms with van der Waals surface area (Å²) in [4.78, 5) is 27.0. The van der Waals surface area contributed by atoms with Crippen LogP contribution in [0.25, 0.3) is 0 Å². The predicted molar refractivity (Wildman–Crippen MR) is 118 cm³/mol. The van der Waals surface area contributed by atoms with Gasteiger partial charge >= 0.3 is 0 Å². The van der Waals surface area contributed by atoms with E-state index in [1.54, 1.807) is 13.8 Å². The standard InChI is InChI=1S/C22H27F2N3O4S/c1-15(2)25-22(29)16(3)26(13-17-9-11-18(23)12-10-17)21(28)14-27(32(4,30)31)20-8-6-5-7-19(20)24/h5-12,15-16H,13-14H2,1-4H3,(H,25,29)/t16-/m1/s1. The zero-order valence-corrected chi connectivity index (χ0v) is 19.2. The van der Waals surface area contributed by atoms with Gasteiger partial charge < -0.3 is 10.2 Å². The SMILES string of the molecule is CC(C)NC(=O)[C@@H](C)N(Cc1ccc(F)cc1)C(=O)CN(c1ccccc1F)S(C)(=O)=O. The molecular weight excluding hydrogens is 440 g/mol. The smallest absolute Gasteiger partial charge is 0.244 e. The van der Waals surface area contributed by atoms with E-state index in [2.05, 4.69) is 5.32 Å². The van der Waals surface area contributed by atoms with E-state index < -0.39 is 46.1 Å². The van der Waals surface area contributed by atoms with E-state index in [1.807, 2.05) is 0 Å². The number of nitrogens with one attached hydrogen (secondary N) is 1. The van der Waals surface area contributed by atoms with Crippen LogP contribution in [0, 0.1) is 11.6 Å². The average Bonchev–Trinajstić information content (AvgIpc) is 2.70. The van der Waals surface area contributed by atoms with Crippen LogP contribution in [0.2, 0.25) is 0 Å². The molecule has 32 heavy (non-hydrogen) atoms. The number of amides is 2. The van der Waals surface area contributed by atoms with Crippen LogP contribution in [0.15, 0.2) is 48.5 Å². The van der Waals surface area contributed by atoms with Crippen molar-refractivity contribution in [1.82, 2.24) is 10.2 Å². The molecule has 0 unspecified atom stereocenters. The number of carbonyl (C=O) groups excluding carboxylic acids is 2. The molecule has 10 heteroatoms. The van der Waals surface area contributed by atoms with Crippen LogP contribution in [0.5, 0.6) is 0 Å². The molecule has 0 fully saturated rings. The second-order valence-electron chi connectivity index (χ2n) is 7.71. The third-order valence-electron chi connectivity index (χ3n) is 4.66. The van der Waals surface area contributed by atoms with Gasteiger partial charge in [0.05, 0.1) is 11.9 Å². The predicted octanol–water partition coefficient (Wildman–Crippen LogP) is 2.67. The minimum absolute atomic E-state index is 0.0688. The topological polar surface area (TPSA) is 86.8 Å². The minimum Gasteiger partial charge on any atom is -0.352 e. The van der Waals surface area contributed by atoms with E-state index in [0.717, 1.165) is 12.3 Å². The highest BCUT2D eigenvalue weighted by molar-refractivity contribution is 7.92.